The van der Waals surface area contributed by atoms with Crippen molar-refractivity contribution < 1.29 is 33.0 Å². The Bertz CT molecular complexity index is 1160. The van der Waals surface area contributed by atoms with Crippen LogP contribution in [-0.2, 0) is 9.59 Å². The van der Waals surface area contributed by atoms with Gasteiger partial charge in [-0.2, -0.15) is 5.10 Å². The number of amidine groups is 1. The van der Waals surface area contributed by atoms with Gasteiger partial charge in [0.25, 0.3) is 0 Å². The van der Waals surface area contributed by atoms with Gasteiger partial charge in [0.1, 0.15) is 22.4 Å². The van der Waals surface area contributed by atoms with Crippen LogP contribution in [-0.4, -0.2) is 39.6 Å². The lowest BCUT2D eigenvalue weighted by Crippen LogP contribution is -2.26. The van der Waals surface area contributed by atoms with Crippen LogP contribution in [0.3, 0.4) is 0 Å². The second-order valence-corrected chi connectivity index (χ2v) is 8.17. The van der Waals surface area contributed by atoms with Crippen LogP contribution >= 0.6 is 35.0 Å². The van der Waals surface area contributed by atoms with Crippen molar-refractivity contribution in [3.05, 3.63) is 63.1 Å². The highest BCUT2D eigenvalue weighted by Gasteiger charge is 2.32. The number of thioether (sulfide) groups is 1. The van der Waals surface area contributed by atoms with Gasteiger partial charge in [0.05, 0.1) is 17.7 Å². The van der Waals surface area contributed by atoms with E-state index >= 15 is 0 Å². The number of amides is 1. The van der Waals surface area contributed by atoms with Crippen LogP contribution in [0.25, 0.3) is 0 Å². The van der Waals surface area contributed by atoms with E-state index in [2.05, 4.69) is 15.5 Å². The second kappa shape index (κ2) is 10.1. The molecule has 1 fully saturated rings. The molecular formula is C19H11Cl2F2N3O5S. The molecule has 2 aromatic rings. The van der Waals surface area contributed by atoms with E-state index in [0.29, 0.717) is 0 Å². The van der Waals surface area contributed by atoms with Gasteiger partial charge in [0.15, 0.2) is 10.9 Å². The van der Waals surface area contributed by atoms with E-state index in [1.165, 1.54) is 12.1 Å². The molecule has 1 heterocycles. The van der Waals surface area contributed by atoms with Crippen LogP contribution in [0.1, 0.15) is 22.3 Å². The minimum atomic E-state index is -1.33. The molecule has 0 radical (unpaired) electrons. The number of benzene rings is 2. The van der Waals surface area contributed by atoms with Gasteiger partial charge >= 0.3 is 11.9 Å². The summed E-state index contributed by atoms with van der Waals surface area (Å²) in [6.45, 7) is 0. The van der Waals surface area contributed by atoms with Crippen LogP contribution in [0.2, 0.25) is 10.0 Å². The number of carbonyl (C=O) groups is 3. The summed E-state index contributed by atoms with van der Waals surface area (Å²) < 4.78 is 32.8. The number of carboxylic acids is 1. The molecule has 1 atom stereocenters. The third kappa shape index (κ3) is 5.61. The number of hydrogen-bond acceptors (Lipinski definition) is 7. The highest BCUT2D eigenvalue weighted by molar-refractivity contribution is 8.15. The number of esters is 1. The number of nitrogens with one attached hydrogen (secondary N) is 1. The summed E-state index contributed by atoms with van der Waals surface area (Å²) in [5.41, 5.74) is -0.857. The fraction of sp³-hybridized carbons (Fsp3) is 0.105. The third-order valence-electron chi connectivity index (χ3n) is 3.88. The van der Waals surface area contributed by atoms with E-state index < -0.39 is 46.7 Å². The highest BCUT2D eigenvalue weighted by Crippen LogP contribution is 2.33. The predicted octanol–water partition coefficient (Wildman–Crippen LogP) is 3.89. The Kier molecular flexibility index (Phi) is 7.44. The Morgan fingerprint density at radius 2 is 1.94 bits per heavy atom. The first-order valence-electron chi connectivity index (χ1n) is 8.61. The minimum Gasteiger partial charge on any atom is -0.481 e. The molecule has 13 heteroatoms. The van der Waals surface area contributed by atoms with Crippen LogP contribution in [0.5, 0.6) is 5.75 Å². The molecule has 0 spiro atoms. The van der Waals surface area contributed by atoms with Crippen molar-refractivity contribution in [1.82, 2.24) is 5.32 Å². The first kappa shape index (κ1) is 23.6. The normalized spacial score (nSPS) is 17.1. The van der Waals surface area contributed by atoms with E-state index in [-0.39, 0.29) is 26.5 Å². The maximum absolute atomic E-state index is 13.9. The van der Waals surface area contributed by atoms with Crippen molar-refractivity contribution in [1.29, 1.82) is 0 Å². The molecular weight excluding hydrogens is 491 g/mol. The summed E-state index contributed by atoms with van der Waals surface area (Å²) in [5.74, 6) is -5.52. The average Bonchev–Trinajstić information content (AvgIpc) is 3.02. The maximum Gasteiger partial charge on any atom is 0.349 e. The Hall–Kier alpha value is -3.02. The molecule has 0 saturated carbocycles. The van der Waals surface area contributed by atoms with E-state index in [0.717, 1.165) is 36.2 Å². The van der Waals surface area contributed by atoms with E-state index in [9.17, 15) is 23.2 Å². The average molecular weight is 502 g/mol. The molecule has 1 saturated heterocycles. The van der Waals surface area contributed by atoms with E-state index in [1.54, 1.807) is 0 Å². The van der Waals surface area contributed by atoms with E-state index in [4.69, 9.17) is 33.0 Å². The zero-order valence-electron chi connectivity index (χ0n) is 15.6. The number of carbonyl (C=O) groups excluding carboxylic acids is 2. The van der Waals surface area contributed by atoms with Gasteiger partial charge in [-0.15, -0.1) is 5.10 Å². The number of rotatable bonds is 6. The van der Waals surface area contributed by atoms with Crippen LogP contribution in [0.4, 0.5) is 8.78 Å². The van der Waals surface area contributed by atoms with Gasteiger partial charge in [0, 0.05) is 10.6 Å². The van der Waals surface area contributed by atoms with Crippen LogP contribution in [0, 0.1) is 11.6 Å². The first-order valence-corrected chi connectivity index (χ1v) is 10.2. The molecule has 3 rings (SSSR count). The first-order chi connectivity index (χ1) is 15.2. The summed E-state index contributed by atoms with van der Waals surface area (Å²) in [4.78, 5) is 34.8. The van der Waals surface area contributed by atoms with Crippen LogP contribution in [0.15, 0.2) is 40.5 Å². The maximum atomic E-state index is 13.9. The zero-order chi connectivity index (χ0) is 23.4. The molecule has 1 unspecified atom stereocenters. The van der Waals surface area contributed by atoms with Crippen molar-refractivity contribution in [3.63, 3.8) is 0 Å². The summed E-state index contributed by atoms with van der Waals surface area (Å²) in [5, 5.41) is 17.9. The Labute approximate surface area is 193 Å². The lowest BCUT2D eigenvalue weighted by Gasteiger charge is -2.10. The molecule has 1 amide bonds. The molecule has 2 aromatic carbocycles. The van der Waals surface area contributed by atoms with Gasteiger partial charge in [-0.1, -0.05) is 41.0 Å². The van der Waals surface area contributed by atoms with Gasteiger partial charge in [-0.05, 0) is 24.3 Å². The number of hydrogen-bond donors (Lipinski definition) is 2. The van der Waals surface area contributed by atoms with Crippen molar-refractivity contribution in [2.45, 2.75) is 11.7 Å². The highest BCUT2D eigenvalue weighted by atomic mass is 35.5. The largest absolute Gasteiger partial charge is 0.481 e. The predicted molar refractivity (Wildman–Crippen MR) is 115 cm³/mol. The fourth-order valence-electron chi connectivity index (χ4n) is 2.51. The standard InChI is InChI=1S/C19H11Cl2F2N3O5S/c20-9-4-8(7-24-26-19-25-17(29)13(32-19)6-14(27)28)16(10(21)5-9)31-18(30)15-11(22)2-1-3-12(15)23/h1-5,7,13H,6H2,(H,27,28)(H,25,26,29). The van der Waals surface area contributed by atoms with Gasteiger partial charge in [0.2, 0.25) is 5.91 Å². The summed E-state index contributed by atoms with van der Waals surface area (Å²) >= 11 is 12.9. The number of nitrogens with zero attached hydrogens (tertiary/aromatic N) is 2. The van der Waals surface area contributed by atoms with Gasteiger partial charge < -0.3 is 15.2 Å². The molecule has 0 bridgehead atoms. The summed E-state index contributed by atoms with van der Waals surface area (Å²) in [6.07, 6.45) is 0.693. The van der Waals surface area contributed by atoms with E-state index in [1.807, 2.05) is 0 Å². The summed E-state index contributed by atoms with van der Waals surface area (Å²) in [6, 6.07) is 5.44. The Balaban J connectivity index is 1.84. The molecule has 0 aliphatic carbocycles. The van der Waals surface area contributed by atoms with Crippen LogP contribution < -0.4 is 10.1 Å². The van der Waals surface area contributed by atoms with Gasteiger partial charge in [-0.3, -0.25) is 9.59 Å². The van der Waals surface area contributed by atoms with Crippen molar-refractivity contribution in [2.24, 2.45) is 10.2 Å². The number of ether oxygens (including phenoxy) is 1. The smallest absolute Gasteiger partial charge is 0.349 e. The van der Waals surface area contributed by atoms with Crippen molar-refractivity contribution in [3.8, 4) is 5.75 Å². The minimum absolute atomic E-state index is 0.0494. The lowest BCUT2D eigenvalue weighted by atomic mass is 10.2. The third-order valence-corrected chi connectivity index (χ3v) is 5.45. The fourth-order valence-corrected chi connectivity index (χ4v) is 3.97. The molecule has 1 aliphatic rings. The van der Waals surface area contributed by atoms with Crippen molar-refractivity contribution in [2.75, 3.05) is 0 Å². The quantitative estimate of drug-likeness (QED) is 0.268. The zero-order valence-corrected chi connectivity index (χ0v) is 18.0. The Morgan fingerprint density at radius 1 is 1.25 bits per heavy atom. The SMILES string of the molecule is O=C(O)CC1SC(=NN=Cc2cc(Cl)cc(Cl)c2OC(=O)c2c(F)cccc2F)NC1=O. The number of halogens is 4. The number of aliphatic carboxylic acids is 1. The molecule has 32 heavy (non-hydrogen) atoms. The summed E-state index contributed by atoms with van der Waals surface area (Å²) in [7, 11) is 0. The molecule has 2 N–H and O–H groups in total. The number of carboxylic acid groups (broad SMARTS) is 1. The second-order valence-electron chi connectivity index (χ2n) is 6.14. The molecule has 166 valence electrons. The topological polar surface area (TPSA) is 117 Å². The monoisotopic (exact) mass is 501 g/mol. The lowest BCUT2D eigenvalue weighted by molar-refractivity contribution is -0.138. The molecule has 0 aromatic heterocycles. The Morgan fingerprint density at radius 3 is 2.59 bits per heavy atom. The van der Waals surface area contributed by atoms with Gasteiger partial charge in [-0.25, -0.2) is 13.6 Å². The molecule has 8 nitrogen and oxygen atoms in total. The van der Waals surface area contributed by atoms with Crippen molar-refractivity contribution >= 4 is 64.2 Å². The molecule has 1 aliphatic heterocycles.